The molecule has 0 saturated carbocycles. The van der Waals surface area contributed by atoms with Crippen LogP contribution >= 0.6 is 0 Å². The van der Waals surface area contributed by atoms with Crippen molar-refractivity contribution in [3.63, 3.8) is 0 Å². The van der Waals surface area contributed by atoms with Crippen LogP contribution in [0.25, 0.3) is 11.1 Å². The molecule has 1 saturated heterocycles. The van der Waals surface area contributed by atoms with E-state index >= 15 is 0 Å². The summed E-state index contributed by atoms with van der Waals surface area (Å²) in [7, 11) is 1.52. The SMILES string of the molecule is COc1ccc(-c2cc(NC(=O)c3ccc(N4C(=O)CCC4=O)cc3)ccc2OC(F)F)cc1. The maximum atomic E-state index is 12.9. The van der Waals surface area contributed by atoms with E-state index in [2.05, 4.69) is 10.1 Å². The van der Waals surface area contributed by atoms with Gasteiger partial charge in [0.15, 0.2) is 0 Å². The van der Waals surface area contributed by atoms with Crippen LogP contribution in [0.2, 0.25) is 0 Å². The van der Waals surface area contributed by atoms with E-state index in [1.807, 2.05) is 0 Å². The number of carbonyl (C=O) groups excluding carboxylic acids is 3. The third-order valence-electron chi connectivity index (χ3n) is 5.29. The summed E-state index contributed by atoms with van der Waals surface area (Å²) in [6.07, 6.45) is 0.339. The average Bonchev–Trinajstić information content (AvgIpc) is 3.17. The number of rotatable bonds is 7. The molecule has 0 unspecified atom stereocenters. The topological polar surface area (TPSA) is 84.9 Å². The number of hydrogen-bond donors (Lipinski definition) is 1. The van der Waals surface area contributed by atoms with Crippen LogP contribution in [0.4, 0.5) is 20.2 Å². The van der Waals surface area contributed by atoms with Crippen molar-refractivity contribution in [1.29, 1.82) is 0 Å². The first-order chi connectivity index (χ1) is 16.4. The van der Waals surface area contributed by atoms with Gasteiger partial charge in [0.1, 0.15) is 11.5 Å². The van der Waals surface area contributed by atoms with Gasteiger partial charge in [-0.3, -0.25) is 19.3 Å². The van der Waals surface area contributed by atoms with E-state index in [0.29, 0.717) is 33.8 Å². The molecule has 3 amide bonds. The number of anilines is 2. The van der Waals surface area contributed by atoms with Crippen LogP contribution in [-0.2, 0) is 9.59 Å². The Balaban J connectivity index is 1.56. The Labute approximate surface area is 193 Å². The summed E-state index contributed by atoms with van der Waals surface area (Å²) in [5.41, 5.74) is 2.02. The Morgan fingerprint density at radius 3 is 2.18 bits per heavy atom. The van der Waals surface area contributed by atoms with Gasteiger partial charge in [0.05, 0.1) is 12.8 Å². The molecule has 1 aliphatic rings. The Morgan fingerprint density at radius 2 is 1.59 bits per heavy atom. The molecule has 1 fully saturated rings. The summed E-state index contributed by atoms with van der Waals surface area (Å²) < 4.78 is 35.6. The summed E-state index contributed by atoms with van der Waals surface area (Å²) in [5, 5.41) is 2.72. The monoisotopic (exact) mass is 466 g/mol. The summed E-state index contributed by atoms with van der Waals surface area (Å²) in [5.74, 6) is -0.444. The van der Waals surface area contributed by atoms with Crippen LogP contribution in [0.15, 0.2) is 66.7 Å². The zero-order valence-electron chi connectivity index (χ0n) is 18.1. The second-order valence-corrected chi connectivity index (χ2v) is 7.44. The Bertz CT molecular complexity index is 1210. The highest BCUT2D eigenvalue weighted by Crippen LogP contribution is 2.35. The summed E-state index contributed by atoms with van der Waals surface area (Å²) in [4.78, 5) is 37.6. The van der Waals surface area contributed by atoms with Gasteiger partial charge in [-0.2, -0.15) is 8.78 Å². The second kappa shape index (κ2) is 9.70. The average molecular weight is 466 g/mol. The zero-order valence-corrected chi connectivity index (χ0v) is 18.1. The molecule has 7 nitrogen and oxygen atoms in total. The maximum absolute atomic E-state index is 12.9. The van der Waals surface area contributed by atoms with E-state index in [4.69, 9.17) is 4.74 Å². The molecule has 1 N–H and O–H groups in total. The number of nitrogens with zero attached hydrogens (tertiary/aromatic N) is 1. The molecule has 0 radical (unpaired) electrons. The van der Waals surface area contributed by atoms with Gasteiger partial charge in [-0.1, -0.05) is 12.1 Å². The molecule has 174 valence electrons. The smallest absolute Gasteiger partial charge is 0.387 e. The molecule has 0 aromatic heterocycles. The molecule has 3 aromatic carbocycles. The fourth-order valence-corrected chi connectivity index (χ4v) is 3.63. The van der Waals surface area contributed by atoms with Crippen molar-refractivity contribution in [2.75, 3.05) is 17.3 Å². The second-order valence-electron chi connectivity index (χ2n) is 7.44. The lowest BCUT2D eigenvalue weighted by Crippen LogP contribution is -2.28. The first-order valence-electron chi connectivity index (χ1n) is 10.4. The molecule has 0 atom stereocenters. The minimum Gasteiger partial charge on any atom is -0.497 e. The number of nitrogens with one attached hydrogen (secondary N) is 1. The Kier molecular flexibility index (Phi) is 6.53. The quantitative estimate of drug-likeness (QED) is 0.503. The van der Waals surface area contributed by atoms with E-state index < -0.39 is 12.5 Å². The Hall–Kier alpha value is -4.27. The number of amides is 3. The minimum atomic E-state index is -3.01. The molecule has 34 heavy (non-hydrogen) atoms. The van der Waals surface area contributed by atoms with Gasteiger partial charge in [-0.05, 0) is 60.2 Å². The van der Waals surface area contributed by atoms with Crippen molar-refractivity contribution < 1.29 is 32.6 Å². The van der Waals surface area contributed by atoms with Crippen LogP contribution in [0.5, 0.6) is 11.5 Å². The predicted octanol–water partition coefficient (Wildman–Crippen LogP) is 4.87. The van der Waals surface area contributed by atoms with Crippen LogP contribution in [-0.4, -0.2) is 31.4 Å². The number of ether oxygens (including phenoxy) is 2. The lowest BCUT2D eigenvalue weighted by molar-refractivity contribution is -0.121. The van der Waals surface area contributed by atoms with E-state index in [1.165, 1.54) is 49.6 Å². The standard InChI is InChI=1S/C25H20F2N2O5/c1-33-19-9-4-15(5-10-19)20-14-17(6-11-21(20)34-25(26)27)28-24(32)16-2-7-18(8-3-16)29-22(30)12-13-23(29)31/h2-11,14,25H,12-13H2,1H3,(H,28,32). The molecule has 0 aliphatic carbocycles. The number of hydrogen-bond acceptors (Lipinski definition) is 5. The number of alkyl halides is 2. The molecule has 1 heterocycles. The fourth-order valence-electron chi connectivity index (χ4n) is 3.63. The first kappa shape index (κ1) is 22.9. The van der Waals surface area contributed by atoms with Gasteiger partial charge >= 0.3 is 6.61 Å². The summed E-state index contributed by atoms with van der Waals surface area (Å²) in [6.45, 7) is -3.01. The van der Waals surface area contributed by atoms with Crippen molar-refractivity contribution in [2.24, 2.45) is 0 Å². The van der Waals surface area contributed by atoms with Crippen LogP contribution in [0.1, 0.15) is 23.2 Å². The third-order valence-corrected chi connectivity index (χ3v) is 5.29. The number of halogens is 2. The number of carbonyl (C=O) groups is 3. The van der Waals surface area contributed by atoms with Crippen LogP contribution in [0, 0.1) is 0 Å². The normalized spacial score (nSPS) is 13.4. The zero-order chi connectivity index (χ0) is 24.2. The van der Waals surface area contributed by atoms with E-state index in [0.717, 1.165) is 4.90 Å². The van der Waals surface area contributed by atoms with Crippen LogP contribution in [0.3, 0.4) is 0 Å². The lowest BCUT2D eigenvalue weighted by Gasteiger charge is -2.15. The molecule has 3 aromatic rings. The molecule has 0 bridgehead atoms. The highest BCUT2D eigenvalue weighted by atomic mass is 19.3. The highest BCUT2D eigenvalue weighted by Gasteiger charge is 2.30. The van der Waals surface area contributed by atoms with Gasteiger partial charge < -0.3 is 14.8 Å². The molecular formula is C25H20F2N2O5. The number of methoxy groups -OCH3 is 1. The number of benzene rings is 3. The van der Waals surface area contributed by atoms with E-state index in [1.54, 1.807) is 24.3 Å². The van der Waals surface area contributed by atoms with Crippen molar-refractivity contribution in [2.45, 2.75) is 19.5 Å². The lowest BCUT2D eigenvalue weighted by atomic mass is 10.0. The van der Waals surface area contributed by atoms with E-state index in [9.17, 15) is 23.2 Å². The largest absolute Gasteiger partial charge is 0.497 e. The highest BCUT2D eigenvalue weighted by molar-refractivity contribution is 6.20. The fraction of sp³-hybridized carbons (Fsp3) is 0.160. The minimum absolute atomic E-state index is 0.0394. The van der Waals surface area contributed by atoms with Gasteiger partial charge in [0.25, 0.3) is 5.91 Å². The van der Waals surface area contributed by atoms with Gasteiger partial charge in [0.2, 0.25) is 11.8 Å². The Morgan fingerprint density at radius 1 is 0.941 bits per heavy atom. The van der Waals surface area contributed by atoms with Crippen molar-refractivity contribution >= 4 is 29.1 Å². The van der Waals surface area contributed by atoms with Gasteiger partial charge in [-0.25, -0.2) is 0 Å². The van der Waals surface area contributed by atoms with Crippen molar-refractivity contribution in [3.05, 3.63) is 72.3 Å². The van der Waals surface area contributed by atoms with Crippen molar-refractivity contribution in [3.8, 4) is 22.6 Å². The molecule has 4 rings (SSSR count). The van der Waals surface area contributed by atoms with Gasteiger partial charge in [-0.15, -0.1) is 0 Å². The van der Waals surface area contributed by atoms with E-state index in [-0.39, 0.29) is 30.4 Å². The molecule has 9 heteroatoms. The predicted molar refractivity (Wildman–Crippen MR) is 121 cm³/mol. The first-order valence-corrected chi connectivity index (χ1v) is 10.4. The third kappa shape index (κ3) is 4.88. The summed E-state index contributed by atoms with van der Waals surface area (Å²) >= 11 is 0. The van der Waals surface area contributed by atoms with Crippen molar-refractivity contribution in [1.82, 2.24) is 0 Å². The maximum Gasteiger partial charge on any atom is 0.387 e. The van der Waals surface area contributed by atoms with Crippen LogP contribution < -0.4 is 19.7 Å². The van der Waals surface area contributed by atoms with Gasteiger partial charge in [0, 0.05) is 29.7 Å². The summed E-state index contributed by atoms with van der Waals surface area (Å²) in [6, 6.07) is 17.2. The number of imide groups is 1. The molecular weight excluding hydrogens is 446 g/mol. The molecule has 1 aliphatic heterocycles. The molecule has 0 spiro atoms.